The Morgan fingerprint density at radius 3 is 2.43 bits per heavy atom. The van der Waals surface area contributed by atoms with Gasteiger partial charge in [0.1, 0.15) is 11.6 Å². The smallest absolute Gasteiger partial charge is 0.390 e. The van der Waals surface area contributed by atoms with E-state index in [1.165, 1.54) is 0 Å². The molecule has 1 atom stereocenters. The van der Waals surface area contributed by atoms with E-state index < -0.39 is 43.5 Å². The van der Waals surface area contributed by atoms with Crippen LogP contribution in [0, 0.1) is 11.6 Å². The highest BCUT2D eigenvalue weighted by molar-refractivity contribution is 5.18. The minimum absolute atomic E-state index is 0.109. The molecule has 1 rings (SSSR count). The van der Waals surface area contributed by atoms with Gasteiger partial charge >= 0.3 is 6.18 Å². The molecule has 1 aromatic carbocycles. The van der Waals surface area contributed by atoms with Crippen molar-refractivity contribution in [3.05, 3.63) is 35.4 Å². The molecule has 0 unspecified atom stereocenters. The van der Waals surface area contributed by atoms with Crippen molar-refractivity contribution >= 4 is 0 Å². The highest BCUT2D eigenvalue weighted by atomic mass is 19.4. The second-order valence-corrected chi connectivity index (χ2v) is 4.67. The molecule has 1 aromatic rings. The zero-order chi connectivity index (χ0) is 16.0. The van der Waals surface area contributed by atoms with Gasteiger partial charge in [-0.05, 0) is 18.2 Å². The van der Waals surface area contributed by atoms with Crippen LogP contribution in [0.4, 0.5) is 22.0 Å². The number of benzene rings is 1. The predicted octanol–water partition coefficient (Wildman–Crippen LogP) is 2.07. The first-order chi connectivity index (χ1) is 9.71. The van der Waals surface area contributed by atoms with E-state index in [0.29, 0.717) is 0 Å². The van der Waals surface area contributed by atoms with E-state index in [4.69, 9.17) is 5.11 Å². The molecular formula is C13H16F5NO2. The molecule has 0 saturated carbocycles. The molecule has 0 aliphatic carbocycles. The minimum Gasteiger partial charge on any atom is -0.394 e. The predicted molar refractivity (Wildman–Crippen MR) is 65.4 cm³/mol. The fraction of sp³-hybridized carbons (Fsp3) is 0.538. The first kappa shape index (κ1) is 17.8. The van der Waals surface area contributed by atoms with Gasteiger partial charge in [-0.2, -0.15) is 13.2 Å². The molecule has 0 aliphatic rings. The molecule has 21 heavy (non-hydrogen) atoms. The van der Waals surface area contributed by atoms with Crippen molar-refractivity contribution in [1.29, 1.82) is 0 Å². The van der Waals surface area contributed by atoms with Crippen LogP contribution >= 0.6 is 0 Å². The van der Waals surface area contributed by atoms with Crippen molar-refractivity contribution in [2.75, 3.05) is 19.7 Å². The summed E-state index contributed by atoms with van der Waals surface area (Å²) < 4.78 is 63.3. The summed E-state index contributed by atoms with van der Waals surface area (Å²) in [5, 5.41) is 18.1. The molecule has 0 amide bonds. The summed E-state index contributed by atoms with van der Waals surface area (Å²) in [5.41, 5.74) is -0.109. The van der Waals surface area contributed by atoms with E-state index in [1.807, 2.05) is 0 Å². The van der Waals surface area contributed by atoms with Gasteiger partial charge in [0.05, 0.1) is 19.1 Å². The van der Waals surface area contributed by atoms with Crippen LogP contribution in [-0.4, -0.2) is 47.1 Å². The molecule has 2 N–H and O–H groups in total. The second kappa shape index (κ2) is 7.67. The molecular weight excluding hydrogens is 297 g/mol. The average molecular weight is 313 g/mol. The number of hydrogen-bond donors (Lipinski definition) is 2. The maximum Gasteiger partial charge on any atom is 0.390 e. The third-order valence-corrected chi connectivity index (χ3v) is 2.79. The lowest BCUT2D eigenvalue weighted by Gasteiger charge is -2.25. The number of aliphatic hydroxyl groups excluding tert-OH is 2. The van der Waals surface area contributed by atoms with Gasteiger partial charge in [0.15, 0.2) is 0 Å². The summed E-state index contributed by atoms with van der Waals surface area (Å²) in [4.78, 5) is 1.12. The van der Waals surface area contributed by atoms with Crippen LogP contribution in [0.25, 0.3) is 0 Å². The monoisotopic (exact) mass is 313 g/mol. The van der Waals surface area contributed by atoms with Crippen LogP contribution in [0.3, 0.4) is 0 Å². The van der Waals surface area contributed by atoms with E-state index >= 15 is 0 Å². The summed E-state index contributed by atoms with van der Waals surface area (Å²) in [6, 6.07) is 2.68. The standard InChI is InChI=1S/C13H16F5NO2/c14-10-1-2-12(15)9(5-10)6-19(7-11(21)8-20)4-3-13(16,17)18/h1-2,5,11,20-21H,3-4,6-8H2/t11-/m0/s1. The van der Waals surface area contributed by atoms with Gasteiger partial charge in [0.25, 0.3) is 0 Å². The molecule has 0 radical (unpaired) electrons. The Kier molecular flexibility index (Phi) is 6.50. The maximum absolute atomic E-state index is 13.5. The number of halogens is 5. The van der Waals surface area contributed by atoms with Crippen molar-refractivity contribution in [2.24, 2.45) is 0 Å². The SMILES string of the molecule is OC[C@@H](O)CN(CCC(F)(F)F)Cc1cc(F)ccc1F. The molecule has 0 heterocycles. The van der Waals surface area contributed by atoms with Gasteiger partial charge in [-0.25, -0.2) is 8.78 Å². The average Bonchev–Trinajstić information content (AvgIpc) is 2.39. The summed E-state index contributed by atoms with van der Waals surface area (Å²) in [7, 11) is 0. The molecule has 0 saturated heterocycles. The van der Waals surface area contributed by atoms with E-state index in [2.05, 4.69) is 0 Å². The number of nitrogens with zero attached hydrogens (tertiary/aromatic N) is 1. The first-order valence-electron chi connectivity index (χ1n) is 6.23. The van der Waals surface area contributed by atoms with Crippen LogP contribution in [0.1, 0.15) is 12.0 Å². The Balaban J connectivity index is 2.77. The molecule has 0 aromatic heterocycles. The van der Waals surface area contributed by atoms with E-state index in [1.54, 1.807) is 0 Å². The number of alkyl halides is 3. The van der Waals surface area contributed by atoms with Crippen LogP contribution < -0.4 is 0 Å². The van der Waals surface area contributed by atoms with Crippen molar-refractivity contribution < 1.29 is 32.2 Å². The Morgan fingerprint density at radius 1 is 1.19 bits per heavy atom. The highest BCUT2D eigenvalue weighted by Crippen LogP contribution is 2.21. The lowest BCUT2D eigenvalue weighted by molar-refractivity contribution is -0.139. The summed E-state index contributed by atoms with van der Waals surface area (Å²) in [6.45, 7) is -1.69. The zero-order valence-corrected chi connectivity index (χ0v) is 11.1. The van der Waals surface area contributed by atoms with Gasteiger partial charge in [-0.15, -0.1) is 0 Å². The van der Waals surface area contributed by atoms with Crippen LogP contribution in [-0.2, 0) is 6.54 Å². The van der Waals surface area contributed by atoms with E-state index in [9.17, 15) is 27.1 Å². The third-order valence-electron chi connectivity index (χ3n) is 2.79. The Labute approximate surface area is 118 Å². The van der Waals surface area contributed by atoms with Gasteiger partial charge in [0.2, 0.25) is 0 Å². The Morgan fingerprint density at radius 2 is 1.86 bits per heavy atom. The van der Waals surface area contributed by atoms with E-state index in [-0.39, 0.29) is 18.7 Å². The van der Waals surface area contributed by atoms with Crippen LogP contribution in [0.15, 0.2) is 18.2 Å². The first-order valence-corrected chi connectivity index (χ1v) is 6.23. The Hall–Kier alpha value is -1.25. The quantitative estimate of drug-likeness (QED) is 0.758. The molecule has 3 nitrogen and oxygen atoms in total. The summed E-state index contributed by atoms with van der Waals surface area (Å²) in [6.07, 6.45) is -6.81. The topological polar surface area (TPSA) is 43.7 Å². The van der Waals surface area contributed by atoms with Crippen molar-refractivity contribution in [1.82, 2.24) is 4.90 Å². The Bertz CT molecular complexity index is 453. The summed E-state index contributed by atoms with van der Waals surface area (Å²) >= 11 is 0. The third kappa shape index (κ3) is 6.83. The minimum atomic E-state index is -4.40. The highest BCUT2D eigenvalue weighted by Gasteiger charge is 2.28. The van der Waals surface area contributed by atoms with Gasteiger partial charge in [-0.3, -0.25) is 4.90 Å². The fourth-order valence-electron chi connectivity index (χ4n) is 1.78. The van der Waals surface area contributed by atoms with Gasteiger partial charge in [-0.1, -0.05) is 0 Å². The molecule has 8 heteroatoms. The van der Waals surface area contributed by atoms with E-state index in [0.717, 1.165) is 23.1 Å². The zero-order valence-electron chi connectivity index (χ0n) is 11.1. The van der Waals surface area contributed by atoms with Gasteiger partial charge < -0.3 is 10.2 Å². The van der Waals surface area contributed by atoms with Crippen LogP contribution in [0.2, 0.25) is 0 Å². The van der Waals surface area contributed by atoms with Gasteiger partial charge in [0, 0.05) is 25.2 Å². The normalized spacial score (nSPS) is 13.7. The van der Waals surface area contributed by atoms with Crippen molar-refractivity contribution in [3.8, 4) is 0 Å². The number of rotatable bonds is 7. The lowest BCUT2D eigenvalue weighted by atomic mass is 10.1. The molecule has 0 aliphatic heterocycles. The van der Waals surface area contributed by atoms with Crippen molar-refractivity contribution in [3.63, 3.8) is 0 Å². The van der Waals surface area contributed by atoms with Crippen molar-refractivity contribution in [2.45, 2.75) is 25.2 Å². The molecule has 0 fully saturated rings. The number of aliphatic hydroxyl groups is 2. The lowest BCUT2D eigenvalue weighted by Crippen LogP contribution is -2.36. The second-order valence-electron chi connectivity index (χ2n) is 4.67. The fourth-order valence-corrected chi connectivity index (χ4v) is 1.78. The maximum atomic E-state index is 13.5. The van der Waals surface area contributed by atoms with Crippen LogP contribution in [0.5, 0.6) is 0 Å². The number of hydrogen-bond acceptors (Lipinski definition) is 3. The molecule has 0 spiro atoms. The molecule has 0 bridgehead atoms. The molecule has 120 valence electrons. The summed E-state index contributed by atoms with van der Waals surface area (Å²) in [5.74, 6) is -1.45. The largest absolute Gasteiger partial charge is 0.394 e.